The molecule has 1 amide bonds. The molecule has 0 bridgehead atoms. The van der Waals surface area contributed by atoms with Crippen LogP contribution in [0.1, 0.15) is 10.4 Å². The van der Waals surface area contributed by atoms with Gasteiger partial charge in [-0.05, 0) is 30.3 Å². The molecule has 0 saturated heterocycles. The average molecular weight is 334 g/mol. The third kappa shape index (κ3) is 2.98. The summed E-state index contributed by atoms with van der Waals surface area (Å²) < 4.78 is 19.3. The van der Waals surface area contributed by atoms with Gasteiger partial charge in [0.05, 0.1) is 10.6 Å². The number of oxazole rings is 1. The third-order valence-electron chi connectivity index (χ3n) is 3.21. The fraction of sp³-hybridized carbons (Fsp3) is 0.125. The molecule has 0 saturated carbocycles. The summed E-state index contributed by atoms with van der Waals surface area (Å²) in [6.07, 6.45) is 0. The van der Waals surface area contributed by atoms with Crippen molar-refractivity contribution < 1.29 is 13.6 Å². The van der Waals surface area contributed by atoms with Crippen LogP contribution in [-0.2, 0) is 0 Å². The SMILES string of the molecule is CN(C)c1nc2cc(NC(=O)c3c(F)cccc3Cl)ccc2o1. The lowest BCUT2D eigenvalue weighted by Gasteiger charge is -2.07. The van der Waals surface area contributed by atoms with Crippen LogP contribution in [0.4, 0.5) is 16.1 Å². The zero-order valence-corrected chi connectivity index (χ0v) is 13.2. The van der Waals surface area contributed by atoms with Crippen LogP contribution < -0.4 is 10.2 Å². The summed E-state index contributed by atoms with van der Waals surface area (Å²) in [5.41, 5.74) is 1.46. The molecule has 118 valence electrons. The zero-order valence-electron chi connectivity index (χ0n) is 12.4. The van der Waals surface area contributed by atoms with E-state index in [0.29, 0.717) is 22.8 Å². The summed E-state index contributed by atoms with van der Waals surface area (Å²) in [5.74, 6) is -1.30. The summed E-state index contributed by atoms with van der Waals surface area (Å²) in [7, 11) is 3.63. The van der Waals surface area contributed by atoms with Crippen molar-refractivity contribution in [3.05, 3.63) is 52.8 Å². The number of carbonyl (C=O) groups is 1. The molecule has 0 unspecified atom stereocenters. The topological polar surface area (TPSA) is 58.4 Å². The van der Waals surface area contributed by atoms with Gasteiger partial charge in [0.25, 0.3) is 11.9 Å². The van der Waals surface area contributed by atoms with Crippen LogP contribution in [0, 0.1) is 5.82 Å². The van der Waals surface area contributed by atoms with Gasteiger partial charge in [0.1, 0.15) is 11.3 Å². The number of carbonyl (C=O) groups excluding carboxylic acids is 1. The molecule has 1 N–H and O–H groups in total. The highest BCUT2D eigenvalue weighted by molar-refractivity contribution is 6.34. The number of rotatable bonds is 3. The summed E-state index contributed by atoms with van der Waals surface area (Å²) >= 11 is 5.89. The Morgan fingerprint density at radius 3 is 2.78 bits per heavy atom. The second-order valence-electron chi connectivity index (χ2n) is 5.12. The molecule has 0 aliphatic heterocycles. The standard InChI is InChI=1S/C16H13ClFN3O2/c1-21(2)16-20-12-8-9(6-7-13(12)23-16)19-15(22)14-10(17)4-3-5-11(14)18/h3-8H,1-2H3,(H,19,22). The monoisotopic (exact) mass is 333 g/mol. The number of hydrogen-bond donors (Lipinski definition) is 1. The Balaban J connectivity index is 1.90. The number of nitrogens with one attached hydrogen (secondary N) is 1. The molecule has 0 fully saturated rings. The number of fused-ring (bicyclic) bond motifs is 1. The van der Waals surface area contributed by atoms with Crippen molar-refractivity contribution >= 4 is 40.3 Å². The summed E-state index contributed by atoms with van der Waals surface area (Å²) in [4.78, 5) is 18.2. The van der Waals surface area contributed by atoms with Gasteiger partial charge in [-0.25, -0.2) is 4.39 Å². The second-order valence-corrected chi connectivity index (χ2v) is 5.53. The Labute approximate surface area is 136 Å². The molecule has 5 nitrogen and oxygen atoms in total. The Bertz CT molecular complexity index is 872. The first kappa shape index (κ1) is 15.3. The smallest absolute Gasteiger partial charge is 0.297 e. The van der Waals surface area contributed by atoms with Crippen molar-refractivity contribution in [3.8, 4) is 0 Å². The van der Waals surface area contributed by atoms with Crippen molar-refractivity contribution in [2.45, 2.75) is 0 Å². The van der Waals surface area contributed by atoms with E-state index in [9.17, 15) is 9.18 Å². The highest BCUT2D eigenvalue weighted by atomic mass is 35.5. The molecule has 2 aromatic carbocycles. The van der Waals surface area contributed by atoms with Crippen molar-refractivity contribution in [3.63, 3.8) is 0 Å². The first-order valence-electron chi connectivity index (χ1n) is 6.79. The van der Waals surface area contributed by atoms with E-state index < -0.39 is 11.7 Å². The first-order chi connectivity index (χ1) is 11.0. The quantitative estimate of drug-likeness (QED) is 0.788. The minimum atomic E-state index is -0.674. The lowest BCUT2D eigenvalue weighted by Crippen LogP contribution is -2.14. The summed E-state index contributed by atoms with van der Waals surface area (Å²) in [6.45, 7) is 0. The minimum absolute atomic E-state index is 0.0555. The van der Waals surface area contributed by atoms with Crippen LogP contribution in [-0.4, -0.2) is 25.0 Å². The normalized spacial score (nSPS) is 10.8. The lowest BCUT2D eigenvalue weighted by atomic mass is 10.2. The largest absolute Gasteiger partial charge is 0.423 e. The van der Waals surface area contributed by atoms with Crippen molar-refractivity contribution in [1.82, 2.24) is 4.98 Å². The number of hydrogen-bond acceptors (Lipinski definition) is 4. The van der Waals surface area contributed by atoms with Crippen LogP contribution in [0.25, 0.3) is 11.1 Å². The van der Waals surface area contributed by atoms with Crippen LogP contribution in [0.2, 0.25) is 5.02 Å². The minimum Gasteiger partial charge on any atom is -0.423 e. The van der Waals surface area contributed by atoms with Crippen molar-refractivity contribution in [2.24, 2.45) is 0 Å². The Hall–Kier alpha value is -2.60. The maximum Gasteiger partial charge on any atom is 0.297 e. The zero-order chi connectivity index (χ0) is 16.6. The van der Waals surface area contributed by atoms with Crippen LogP contribution >= 0.6 is 11.6 Å². The van der Waals surface area contributed by atoms with Gasteiger partial charge in [0.15, 0.2) is 5.58 Å². The van der Waals surface area contributed by atoms with Gasteiger partial charge in [-0.3, -0.25) is 4.79 Å². The second kappa shape index (κ2) is 5.89. The predicted octanol–water partition coefficient (Wildman–Crippen LogP) is 3.94. The number of amides is 1. The Kier molecular flexibility index (Phi) is 3.92. The molecule has 0 aliphatic rings. The van der Waals surface area contributed by atoms with Crippen LogP contribution in [0.3, 0.4) is 0 Å². The molecule has 23 heavy (non-hydrogen) atoms. The lowest BCUT2D eigenvalue weighted by molar-refractivity contribution is 0.102. The fourth-order valence-corrected chi connectivity index (χ4v) is 2.34. The maximum absolute atomic E-state index is 13.8. The number of halogens is 2. The first-order valence-corrected chi connectivity index (χ1v) is 7.17. The van der Waals surface area contributed by atoms with E-state index in [0.717, 1.165) is 0 Å². The van der Waals surface area contributed by atoms with Crippen LogP contribution in [0.15, 0.2) is 40.8 Å². The molecule has 1 aromatic heterocycles. The fourth-order valence-electron chi connectivity index (χ4n) is 2.09. The van der Waals surface area contributed by atoms with E-state index in [1.165, 1.54) is 18.2 Å². The van der Waals surface area contributed by atoms with E-state index in [1.54, 1.807) is 23.1 Å². The van der Waals surface area contributed by atoms with Crippen molar-refractivity contribution in [1.29, 1.82) is 0 Å². The molecule has 0 aliphatic carbocycles. The van der Waals surface area contributed by atoms with Crippen LogP contribution in [0.5, 0.6) is 0 Å². The maximum atomic E-state index is 13.8. The summed E-state index contributed by atoms with van der Waals surface area (Å²) in [6, 6.07) is 9.54. The summed E-state index contributed by atoms with van der Waals surface area (Å²) in [5, 5.41) is 2.67. The predicted molar refractivity (Wildman–Crippen MR) is 87.7 cm³/mol. The molecule has 0 atom stereocenters. The van der Waals surface area contributed by atoms with E-state index in [1.807, 2.05) is 14.1 Å². The molecule has 3 rings (SSSR count). The van der Waals surface area contributed by atoms with Gasteiger partial charge in [0.2, 0.25) is 0 Å². The molecular formula is C16H13ClFN3O2. The van der Waals surface area contributed by atoms with Gasteiger partial charge >= 0.3 is 0 Å². The highest BCUT2D eigenvalue weighted by Crippen LogP contribution is 2.25. The molecule has 1 heterocycles. The number of anilines is 2. The van der Waals surface area contributed by atoms with E-state index >= 15 is 0 Å². The molecular weight excluding hydrogens is 321 g/mol. The van der Waals surface area contributed by atoms with E-state index in [-0.39, 0.29) is 10.6 Å². The van der Waals surface area contributed by atoms with Gasteiger partial charge in [-0.1, -0.05) is 17.7 Å². The number of benzene rings is 2. The van der Waals surface area contributed by atoms with E-state index in [4.69, 9.17) is 16.0 Å². The van der Waals surface area contributed by atoms with Gasteiger partial charge < -0.3 is 14.6 Å². The highest BCUT2D eigenvalue weighted by Gasteiger charge is 2.16. The molecule has 7 heteroatoms. The van der Waals surface area contributed by atoms with E-state index in [2.05, 4.69) is 10.3 Å². The third-order valence-corrected chi connectivity index (χ3v) is 3.52. The van der Waals surface area contributed by atoms with Gasteiger partial charge in [-0.2, -0.15) is 4.98 Å². The number of nitrogens with zero attached hydrogens (tertiary/aromatic N) is 2. The Morgan fingerprint density at radius 1 is 1.30 bits per heavy atom. The number of aromatic nitrogens is 1. The molecule has 0 spiro atoms. The van der Waals surface area contributed by atoms with Gasteiger partial charge in [-0.15, -0.1) is 0 Å². The average Bonchev–Trinajstić information content (AvgIpc) is 2.90. The Morgan fingerprint density at radius 2 is 2.09 bits per heavy atom. The molecule has 0 radical (unpaired) electrons. The molecule has 3 aromatic rings. The van der Waals surface area contributed by atoms with Crippen molar-refractivity contribution in [2.75, 3.05) is 24.3 Å². The van der Waals surface area contributed by atoms with Gasteiger partial charge in [0, 0.05) is 19.8 Å².